The van der Waals surface area contributed by atoms with Crippen LogP contribution in [0.15, 0.2) is 69.2 Å². The predicted octanol–water partition coefficient (Wildman–Crippen LogP) is 5.13. The molecule has 4 rings (SSSR count). The molecule has 2 N–H and O–H groups in total. The van der Waals surface area contributed by atoms with Crippen LogP contribution in [0.4, 0.5) is 5.69 Å². The summed E-state index contributed by atoms with van der Waals surface area (Å²) in [6.07, 6.45) is 0. The molecule has 0 bridgehead atoms. The number of hydrogen-bond acceptors (Lipinski definition) is 5. The van der Waals surface area contributed by atoms with Crippen LogP contribution in [-0.4, -0.2) is 11.0 Å². The van der Waals surface area contributed by atoms with E-state index in [9.17, 15) is 14.7 Å². The number of benzene rings is 2. The molecule has 0 aliphatic rings. The molecule has 7 heteroatoms. The Balaban J connectivity index is 1.79. The Morgan fingerprint density at radius 2 is 1.93 bits per heavy atom. The Kier molecular flexibility index (Phi) is 4.43. The van der Waals surface area contributed by atoms with E-state index in [1.165, 1.54) is 29.5 Å². The number of carbonyl (C=O) groups is 1. The molecule has 1 amide bonds. The van der Waals surface area contributed by atoms with Gasteiger partial charge in [0.1, 0.15) is 16.7 Å². The number of fused-ring (bicyclic) bond motifs is 1. The van der Waals surface area contributed by atoms with Crippen LogP contribution in [0.25, 0.3) is 22.3 Å². The number of hydrogen-bond donors (Lipinski definition) is 2. The minimum absolute atomic E-state index is 0.00483. The number of anilines is 1. The second kappa shape index (κ2) is 6.90. The number of rotatable bonds is 3. The monoisotopic (exact) mass is 397 g/mol. The summed E-state index contributed by atoms with van der Waals surface area (Å²) in [4.78, 5) is 25.3. The van der Waals surface area contributed by atoms with Crippen molar-refractivity contribution in [2.45, 2.75) is 0 Å². The third-order valence-electron chi connectivity index (χ3n) is 4.00. The first-order valence-corrected chi connectivity index (χ1v) is 9.20. The van der Waals surface area contributed by atoms with E-state index < -0.39 is 5.43 Å². The van der Waals surface area contributed by atoms with E-state index in [4.69, 9.17) is 16.0 Å². The Morgan fingerprint density at radius 1 is 1.11 bits per heavy atom. The summed E-state index contributed by atoms with van der Waals surface area (Å²) < 4.78 is 5.77. The van der Waals surface area contributed by atoms with E-state index in [-0.39, 0.29) is 28.3 Å². The molecule has 2 heterocycles. The van der Waals surface area contributed by atoms with Crippen molar-refractivity contribution in [3.05, 3.63) is 80.1 Å². The van der Waals surface area contributed by atoms with E-state index in [2.05, 4.69) is 5.32 Å². The summed E-state index contributed by atoms with van der Waals surface area (Å²) in [6.45, 7) is 0. The van der Waals surface area contributed by atoms with Crippen molar-refractivity contribution < 1.29 is 14.3 Å². The average molecular weight is 398 g/mol. The average Bonchev–Trinajstić information content (AvgIpc) is 3.19. The van der Waals surface area contributed by atoms with Crippen molar-refractivity contribution in [2.75, 3.05) is 5.32 Å². The van der Waals surface area contributed by atoms with Gasteiger partial charge in [-0.25, -0.2) is 0 Å². The van der Waals surface area contributed by atoms with Crippen LogP contribution >= 0.6 is 22.9 Å². The molecule has 0 unspecified atom stereocenters. The Morgan fingerprint density at radius 3 is 2.67 bits per heavy atom. The third-order valence-corrected chi connectivity index (χ3v) is 5.20. The molecular formula is C20H12ClNO4S. The predicted molar refractivity (Wildman–Crippen MR) is 107 cm³/mol. The normalized spacial score (nSPS) is 10.9. The van der Waals surface area contributed by atoms with E-state index in [0.29, 0.717) is 21.2 Å². The summed E-state index contributed by atoms with van der Waals surface area (Å²) in [7, 11) is 0. The lowest BCUT2D eigenvalue weighted by atomic mass is 10.1. The minimum atomic E-state index is -0.434. The van der Waals surface area contributed by atoms with E-state index >= 15 is 0 Å². The van der Waals surface area contributed by atoms with Crippen molar-refractivity contribution in [3.63, 3.8) is 0 Å². The van der Waals surface area contributed by atoms with E-state index in [0.717, 1.165) is 0 Å². The lowest BCUT2D eigenvalue weighted by Crippen LogP contribution is -2.11. The smallest absolute Gasteiger partial charge is 0.265 e. The van der Waals surface area contributed by atoms with Gasteiger partial charge >= 0.3 is 0 Å². The molecule has 0 atom stereocenters. The molecule has 134 valence electrons. The highest BCUT2D eigenvalue weighted by molar-refractivity contribution is 7.12. The molecule has 5 nitrogen and oxygen atoms in total. The first-order valence-electron chi connectivity index (χ1n) is 7.94. The fourth-order valence-corrected chi connectivity index (χ4v) is 3.57. The van der Waals surface area contributed by atoms with Crippen LogP contribution in [0.5, 0.6) is 5.75 Å². The van der Waals surface area contributed by atoms with Gasteiger partial charge in [-0.15, -0.1) is 11.3 Å². The molecule has 0 saturated carbocycles. The number of amides is 1. The van der Waals surface area contributed by atoms with Gasteiger partial charge < -0.3 is 14.8 Å². The fraction of sp³-hybridized carbons (Fsp3) is 0. The number of carbonyl (C=O) groups excluding carboxylic acids is 1. The van der Waals surface area contributed by atoms with Gasteiger partial charge in [0.15, 0.2) is 11.2 Å². The Hall–Kier alpha value is -3.09. The highest BCUT2D eigenvalue weighted by Gasteiger charge is 2.17. The maximum atomic E-state index is 12.6. The molecule has 0 aliphatic heterocycles. The van der Waals surface area contributed by atoms with Crippen LogP contribution in [-0.2, 0) is 0 Å². The van der Waals surface area contributed by atoms with Gasteiger partial charge in [-0.3, -0.25) is 9.59 Å². The van der Waals surface area contributed by atoms with Crippen LogP contribution in [0.3, 0.4) is 0 Å². The number of phenolic OH excluding ortho intramolecular Hbond substituents is 1. The van der Waals surface area contributed by atoms with Gasteiger partial charge in [0.2, 0.25) is 0 Å². The zero-order chi connectivity index (χ0) is 19.0. The van der Waals surface area contributed by atoms with Crippen LogP contribution < -0.4 is 10.7 Å². The van der Waals surface area contributed by atoms with E-state index in [1.54, 1.807) is 41.8 Å². The lowest BCUT2D eigenvalue weighted by Gasteiger charge is -2.10. The standard InChI is InChI=1S/C20H12ClNO4S/c21-12-5-2-1-4-11(12)16-10-14(23)18-15(26-16)8-7-13(19(18)24)22-20(25)17-6-3-9-27-17/h1-10,24H,(H,22,25). The van der Waals surface area contributed by atoms with Gasteiger partial charge in [0.25, 0.3) is 5.91 Å². The Labute approximate surface area is 162 Å². The highest BCUT2D eigenvalue weighted by Crippen LogP contribution is 2.34. The first-order chi connectivity index (χ1) is 13.0. The SMILES string of the molecule is O=C(Nc1ccc2oc(-c3ccccc3Cl)cc(=O)c2c1O)c1cccs1. The number of thiophene rings is 1. The molecule has 0 fully saturated rings. The highest BCUT2D eigenvalue weighted by atomic mass is 35.5. The lowest BCUT2D eigenvalue weighted by molar-refractivity contribution is 0.103. The van der Waals surface area contributed by atoms with Gasteiger partial charge in [0.05, 0.1) is 15.6 Å². The molecule has 0 saturated heterocycles. The molecule has 0 spiro atoms. The number of aromatic hydroxyl groups is 1. The summed E-state index contributed by atoms with van der Waals surface area (Å²) in [5.41, 5.74) is 0.478. The van der Waals surface area contributed by atoms with E-state index in [1.807, 2.05) is 0 Å². The maximum Gasteiger partial charge on any atom is 0.265 e. The van der Waals surface area contributed by atoms with Crippen molar-refractivity contribution in [3.8, 4) is 17.1 Å². The quantitative estimate of drug-likeness (QED) is 0.469. The van der Waals surface area contributed by atoms with Crippen LogP contribution in [0.2, 0.25) is 5.02 Å². The summed E-state index contributed by atoms with van der Waals surface area (Å²) in [5.74, 6) is -0.401. The fourth-order valence-electron chi connectivity index (χ4n) is 2.72. The molecular weight excluding hydrogens is 386 g/mol. The molecule has 27 heavy (non-hydrogen) atoms. The Bertz CT molecular complexity index is 1210. The van der Waals surface area contributed by atoms with Crippen molar-refractivity contribution in [1.82, 2.24) is 0 Å². The molecule has 0 aliphatic carbocycles. The number of phenols is 1. The molecule has 2 aromatic carbocycles. The van der Waals surface area contributed by atoms with Gasteiger partial charge in [-0.1, -0.05) is 29.8 Å². The van der Waals surface area contributed by atoms with Crippen LogP contribution in [0, 0.1) is 0 Å². The summed E-state index contributed by atoms with van der Waals surface area (Å²) >= 11 is 7.44. The largest absolute Gasteiger partial charge is 0.505 e. The summed E-state index contributed by atoms with van der Waals surface area (Å²) in [6, 6.07) is 14.7. The second-order valence-corrected chi connectivity index (χ2v) is 7.08. The third kappa shape index (κ3) is 3.20. The zero-order valence-corrected chi connectivity index (χ0v) is 15.3. The number of nitrogens with one attached hydrogen (secondary N) is 1. The van der Waals surface area contributed by atoms with Gasteiger partial charge in [0, 0.05) is 11.6 Å². The van der Waals surface area contributed by atoms with Crippen molar-refractivity contribution in [1.29, 1.82) is 0 Å². The topological polar surface area (TPSA) is 79.5 Å². The summed E-state index contributed by atoms with van der Waals surface area (Å²) in [5, 5.41) is 15.3. The maximum absolute atomic E-state index is 12.6. The van der Waals surface area contributed by atoms with Crippen molar-refractivity contribution in [2.24, 2.45) is 0 Å². The van der Waals surface area contributed by atoms with Gasteiger partial charge in [-0.2, -0.15) is 0 Å². The van der Waals surface area contributed by atoms with Crippen molar-refractivity contribution >= 4 is 45.5 Å². The molecule has 0 radical (unpaired) electrons. The second-order valence-electron chi connectivity index (χ2n) is 5.72. The first kappa shape index (κ1) is 17.3. The zero-order valence-electron chi connectivity index (χ0n) is 13.7. The molecule has 2 aromatic heterocycles. The minimum Gasteiger partial charge on any atom is -0.505 e. The molecule has 4 aromatic rings. The van der Waals surface area contributed by atoms with Gasteiger partial charge in [-0.05, 0) is 35.7 Å². The number of halogens is 1. The van der Waals surface area contributed by atoms with Crippen LogP contribution in [0.1, 0.15) is 9.67 Å².